The summed E-state index contributed by atoms with van der Waals surface area (Å²) in [5, 5.41) is 3.31. The van der Waals surface area contributed by atoms with Crippen LogP contribution in [0.15, 0.2) is 29.2 Å². The molecule has 7 heteroatoms. The number of ether oxygens (including phenoxy) is 1. The predicted octanol–water partition coefficient (Wildman–Crippen LogP) is 0.221. The SMILES string of the molecule is CN(C)S(=O)(=O)c1ccc(OCCN2CCNCC2)cc1. The second kappa shape index (κ2) is 7.22. The van der Waals surface area contributed by atoms with Crippen LogP contribution in [0, 0.1) is 0 Å². The van der Waals surface area contributed by atoms with Gasteiger partial charge in [0.2, 0.25) is 10.0 Å². The Kier molecular flexibility index (Phi) is 5.58. The van der Waals surface area contributed by atoms with Gasteiger partial charge in [0.1, 0.15) is 12.4 Å². The molecule has 21 heavy (non-hydrogen) atoms. The zero-order chi connectivity index (χ0) is 15.3. The number of nitrogens with zero attached hydrogens (tertiary/aromatic N) is 2. The molecule has 1 saturated heterocycles. The number of piperazine rings is 1. The quantitative estimate of drug-likeness (QED) is 0.814. The molecule has 1 aliphatic rings. The molecule has 0 spiro atoms. The summed E-state index contributed by atoms with van der Waals surface area (Å²) in [6.45, 7) is 5.64. The van der Waals surface area contributed by atoms with E-state index in [0.717, 1.165) is 32.7 Å². The lowest BCUT2D eigenvalue weighted by molar-refractivity contribution is 0.191. The maximum Gasteiger partial charge on any atom is 0.242 e. The van der Waals surface area contributed by atoms with E-state index in [4.69, 9.17) is 4.74 Å². The molecule has 1 heterocycles. The van der Waals surface area contributed by atoms with Crippen molar-refractivity contribution in [2.75, 3.05) is 53.4 Å². The molecule has 6 nitrogen and oxygen atoms in total. The van der Waals surface area contributed by atoms with Crippen LogP contribution in [-0.2, 0) is 10.0 Å². The van der Waals surface area contributed by atoms with Crippen LogP contribution < -0.4 is 10.1 Å². The van der Waals surface area contributed by atoms with E-state index in [2.05, 4.69) is 10.2 Å². The lowest BCUT2D eigenvalue weighted by atomic mass is 10.3. The molecule has 0 amide bonds. The van der Waals surface area contributed by atoms with E-state index in [1.54, 1.807) is 24.3 Å². The maximum absolute atomic E-state index is 11.9. The summed E-state index contributed by atoms with van der Waals surface area (Å²) in [5.41, 5.74) is 0. The molecule has 0 saturated carbocycles. The Morgan fingerprint density at radius 1 is 1.19 bits per heavy atom. The van der Waals surface area contributed by atoms with Gasteiger partial charge in [0.05, 0.1) is 4.90 Å². The van der Waals surface area contributed by atoms with E-state index in [0.29, 0.717) is 12.4 Å². The zero-order valence-corrected chi connectivity index (χ0v) is 13.4. The summed E-state index contributed by atoms with van der Waals surface area (Å²) in [6, 6.07) is 6.56. The molecule has 0 unspecified atom stereocenters. The first kappa shape index (κ1) is 16.2. The molecule has 1 fully saturated rings. The topological polar surface area (TPSA) is 61.9 Å². The van der Waals surface area contributed by atoms with Crippen molar-refractivity contribution in [2.24, 2.45) is 0 Å². The van der Waals surface area contributed by atoms with Crippen LogP contribution >= 0.6 is 0 Å². The molecule has 1 aromatic rings. The van der Waals surface area contributed by atoms with Gasteiger partial charge in [-0.15, -0.1) is 0 Å². The lowest BCUT2D eigenvalue weighted by Crippen LogP contribution is -2.44. The molecule has 0 aliphatic carbocycles. The molecular weight excluding hydrogens is 290 g/mol. The zero-order valence-electron chi connectivity index (χ0n) is 12.6. The van der Waals surface area contributed by atoms with E-state index in [1.807, 2.05) is 0 Å². The van der Waals surface area contributed by atoms with Crippen molar-refractivity contribution in [2.45, 2.75) is 4.90 Å². The Bertz CT molecular complexity index is 537. The van der Waals surface area contributed by atoms with Crippen molar-refractivity contribution < 1.29 is 13.2 Å². The van der Waals surface area contributed by atoms with Gasteiger partial charge in [0, 0.05) is 46.8 Å². The van der Waals surface area contributed by atoms with Crippen LogP contribution in [0.2, 0.25) is 0 Å². The van der Waals surface area contributed by atoms with Crippen LogP contribution in [-0.4, -0.2) is 71.0 Å². The summed E-state index contributed by atoms with van der Waals surface area (Å²) >= 11 is 0. The third-order valence-electron chi connectivity index (χ3n) is 3.49. The molecule has 1 aliphatic heterocycles. The molecule has 0 aromatic heterocycles. The number of nitrogens with one attached hydrogen (secondary N) is 1. The largest absolute Gasteiger partial charge is 0.492 e. The van der Waals surface area contributed by atoms with Gasteiger partial charge < -0.3 is 10.1 Å². The maximum atomic E-state index is 11.9. The van der Waals surface area contributed by atoms with Crippen molar-refractivity contribution in [1.82, 2.24) is 14.5 Å². The van der Waals surface area contributed by atoms with Gasteiger partial charge in [-0.2, -0.15) is 0 Å². The molecule has 1 aromatic carbocycles. The number of sulfonamides is 1. The summed E-state index contributed by atoms with van der Waals surface area (Å²) < 4.78 is 30.7. The van der Waals surface area contributed by atoms with Crippen LogP contribution in [0.1, 0.15) is 0 Å². The smallest absolute Gasteiger partial charge is 0.242 e. The van der Waals surface area contributed by atoms with Gasteiger partial charge in [-0.05, 0) is 24.3 Å². The standard InChI is InChI=1S/C14H23N3O3S/c1-16(2)21(18,19)14-5-3-13(4-6-14)20-12-11-17-9-7-15-8-10-17/h3-6,15H,7-12H2,1-2H3. The highest BCUT2D eigenvalue weighted by atomic mass is 32.2. The fourth-order valence-electron chi connectivity index (χ4n) is 2.15. The van der Waals surface area contributed by atoms with Gasteiger partial charge >= 0.3 is 0 Å². The number of hydrogen-bond donors (Lipinski definition) is 1. The molecule has 118 valence electrons. The minimum Gasteiger partial charge on any atom is -0.492 e. The number of hydrogen-bond acceptors (Lipinski definition) is 5. The van der Waals surface area contributed by atoms with E-state index >= 15 is 0 Å². The normalized spacial score (nSPS) is 17.1. The summed E-state index contributed by atoms with van der Waals surface area (Å²) in [4.78, 5) is 2.63. The number of benzene rings is 1. The van der Waals surface area contributed by atoms with Gasteiger partial charge in [0.25, 0.3) is 0 Å². The van der Waals surface area contributed by atoms with Crippen molar-refractivity contribution >= 4 is 10.0 Å². The van der Waals surface area contributed by atoms with Gasteiger partial charge in [-0.3, -0.25) is 4.90 Å². The summed E-state index contributed by atoms with van der Waals surface area (Å²) in [7, 11) is -0.327. The minimum atomic E-state index is -3.37. The first-order valence-corrected chi connectivity index (χ1v) is 8.52. The van der Waals surface area contributed by atoms with E-state index in [1.165, 1.54) is 18.4 Å². The second-order valence-corrected chi connectivity index (χ2v) is 7.35. The van der Waals surface area contributed by atoms with Crippen LogP contribution in [0.4, 0.5) is 0 Å². The Hall–Kier alpha value is -1.15. The third-order valence-corrected chi connectivity index (χ3v) is 5.32. The van der Waals surface area contributed by atoms with Gasteiger partial charge in [0.15, 0.2) is 0 Å². The molecule has 2 rings (SSSR count). The highest BCUT2D eigenvalue weighted by Gasteiger charge is 2.16. The first-order chi connectivity index (χ1) is 10.00. The van der Waals surface area contributed by atoms with Crippen LogP contribution in [0.3, 0.4) is 0 Å². The van der Waals surface area contributed by atoms with Crippen molar-refractivity contribution in [3.63, 3.8) is 0 Å². The Morgan fingerprint density at radius 2 is 1.81 bits per heavy atom. The Morgan fingerprint density at radius 3 is 2.38 bits per heavy atom. The highest BCUT2D eigenvalue weighted by molar-refractivity contribution is 7.89. The van der Waals surface area contributed by atoms with Crippen LogP contribution in [0.5, 0.6) is 5.75 Å². The lowest BCUT2D eigenvalue weighted by Gasteiger charge is -2.26. The molecular formula is C14H23N3O3S. The summed E-state index contributed by atoms with van der Waals surface area (Å²) in [6.07, 6.45) is 0. The fraction of sp³-hybridized carbons (Fsp3) is 0.571. The second-order valence-electron chi connectivity index (χ2n) is 5.20. The average molecular weight is 313 g/mol. The minimum absolute atomic E-state index is 0.280. The molecule has 0 bridgehead atoms. The van der Waals surface area contributed by atoms with E-state index < -0.39 is 10.0 Å². The Labute approximate surface area is 126 Å². The van der Waals surface area contributed by atoms with Crippen molar-refractivity contribution in [1.29, 1.82) is 0 Å². The van der Waals surface area contributed by atoms with Crippen LogP contribution in [0.25, 0.3) is 0 Å². The first-order valence-electron chi connectivity index (χ1n) is 7.08. The summed E-state index contributed by atoms with van der Waals surface area (Å²) in [5.74, 6) is 0.697. The molecule has 0 atom stereocenters. The molecule has 1 N–H and O–H groups in total. The van der Waals surface area contributed by atoms with Gasteiger partial charge in [-0.25, -0.2) is 12.7 Å². The van der Waals surface area contributed by atoms with Crippen molar-refractivity contribution in [3.8, 4) is 5.75 Å². The number of rotatable bonds is 6. The fourth-order valence-corrected chi connectivity index (χ4v) is 3.05. The Balaban J connectivity index is 1.85. The van der Waals surface area contributed by atoms with Crippen molar-refractivity contribution in [3.05, 3.63) is 24.3 Å². The third kappa shape index (κ3) is 4.41. The van der Waals surface area contributed by atoms with Gasteiger partial charge in [-0.1, -0.05) is 0 Å². The predicted molar refractivity (Wildman–Crippen MR) is 82.1 cm³/mol. The monoisotopic (exact) mass is 313 g/mol. The van der Waals surface area contributed by atoms with E-state index in [-0.39, 0.29) is 4.90 Å². The highest BCUT2D eigenvalue weighted by Crippen LogP contribution is 2.18. The van der Waals surface area contributed by atoms with E-state index in [9.17, 15) is 8.42 Å². The average Bonchev–Trinajstić information content (AvgIpc) is 2.49. The molecule has 0 radical (unpaired) electrons.